The topological polar surface area (TPSA) is 90.0 Å². The third kappa shape index (κ3) is 6.84. The molecule has 2 unspecified atom stereocenters. The van der Waals surface area contributed by atoms with E-state index in [2.05, 4.69) is 15.6 Å². The number of aliphatic hydroxyl groups is 1. The van der Waals surface area contributed by atoms with Crippen molar-refractivity contribution in [1.82, 2.24) is 9.88 Å². The molecular formula is C26H33F4N5O3. The summed E-state index contributed by atoms with van der Waals surface area (Å²) in [6, 6.07) is 5.84. The largest absolute Gasteiger partial charge is 0.394 e. The molecule has 2 aliphatic rings. The van der Waals surface area contributed by atoms with Crippen molar-refractivity contribution in [3.8, 4) is 11.1 Å². The molecule has 0 radical (unpaired) electrons. The Morgan fingerprint density at radius 3 is 2.63 bits per heavy atom. The van der Waals surface area contributed by atoms with Crippen molar-refractivity contribution in [3.63, 3.8) is 0 Å². The van der Waals surface area contributed by atoms with Gasteiger partial charge in [0.2, 0.25) is 0 Å². The molecule has 0 bridgehead atoms. The molecule has 0 spiro atoms. The van der Waals surface area contributed by atoms with E-state index in [1.807, 2.05) is 11.8 Å². The molecule has 2 aromatic rings. The lowest BCUT2D eigenvalue weighted by atomic mass is 9.99. The maximum atomic E-state index is 15.9. The number of morpholine rings is 1. The second kappa shape index (κ2) is 11.7. The van der Waals surface area contributed by atoms with Crippen LogP contribution in [0.2, 0.25) is 0 Å². The van der Waals surface area contributed by atoms with Gasteiger partial charge in [0.15, 0.2) is 11.6 Å². The zero-order valence-electron chi connectivity index (χ0n) is 21.4. The average molecular weight is 540 g/mol. The molecule has 2 atom stereocenters. The van der Waals surface area contributed by atoms with Crippen LogP contribution in [0.3, 0.4) is 0 Å². The first kappa shape index (κ1) is 27.9. The normalized spacial score (nSPS) is 19.0. The number of nitrogens with zero attached hydrogens (tertiary/aromatic N) is 3. The van der Waals surface area contributed by atoms with Crippen LogP contribution in [-0.2, 0) is 4.74 Å². The highest BCUT2D eigenvalue weighted by atomic mass is 19.4. The number of ether oxygens (including phenoxy) is 1. The second-order valence-corrected chi connectivity index (χ2v) is 9.90. The van der Waals surface area contributed by atoms with Crippen LogP contribution in [0.25, 0.3) is 11.1 Å². The molecule has 1 aromatic carbocycles. The Labute approximate surface area is 219 Å². The van der Waals surface area contributed by atoms with Gasteiger partial charge in [0.1, 0.15) is 5.82 Å². The lowest BCUT2D eigenvalue weighted by Crippen LogP contribution is -2.37. The zero-order chi connectivity index (χ0) is 27.4. The summed E-state index contributed by atoms with van der Waals surface area (Å²) in [6.07, 6.45) is -4.88. The van der Waals surface area contributed by atoms with Crippen LogP contribution in [0.1, 0.15) is 25.3 Å². The molecule has 2 aliphatic heterocycles. The number of amides is 2. The molecule has 2 fully saturated rings. The summed E-state index contributed by atoms with van der Waals surface area (Å²) in [5, 5.41) is 15.3. The molecule has 1 aromatic heterocycles. The molecular weight excluding hydrogens is 506 g/mol. The Morgan fingerprint density at radius 1 is 1.21 bits per heavy atom. The van der Waals surface area contributed by atoms with E-state index in [1.165, 1.54) is 4.90 Å². The van der Waals surface area contributed by atoms with Crippen LogP contribution in [0.15, 0.2) is 24.3 Å². The maximum Gasteiger partial charge on any atom is 0.389 e. The summed E-state index contributed by atoms with van der Waals surface area (Å²) in [6.45, 7) is 5.58. The smallest absolute Gasteiger partial charge is 0.389 e. The van der Waals surface area contributed by atoms with Gasteiger partial charge in [0.05, 0.1) is 19.8 Å². The Balaban J connectivity index is 1.60. The van der Waals surface area contributed by atoms with E-state index in [1.54, 1.807) is 31.2 Å². The minimum absolute atomic E-state index is 0.0318. The molecule has 4 rings (SSSR count). The van der Waals surface area contributed by atoms with E-state index in [0.717, 1.165) is 5.56 Å². The van der Waals surface area contributed by atoms with Gasteiger partial charge in [-0.2, -0.15) is 13.2 Å². The quantitative estimate of drug-likeness (QED) is 0.445. The van der Waals surface area contributed by atoms with E-state index in [-0.39, 0.29) is 37.1 Å². The Kier molecular flexibility index (Phi) is 8.61. The molecule has 208 valence electrons. The Bertz CT molecular complexity index is 1140. The second-order valence-electron chi connectivity index (χ2n) is 9.90. The van der Waals surface area contributed by atoms with E-state index in [9.17, 15) is 23.1 Å². The monoisotopic (exact) mass is 539 g/mol. The van der Waals surface area contributed by atoms with Crippen molar-refractivity contribution in [2.24, 2.45) is 5.92 Å². The number of rotatable bonds is 7. The van der Waals surface area contributed by atoms with Gasteiger partial charge in [-0.15, -0.1) is 0 Å². The fourth-order valence-electron chi connectivity index (χ4n) is 4.77. The molecule has 8 nitrogen and oxygen atoms in total. The van der Waals surface area contributed by atoms with Gasteiger partial charge in [-0.3, -0.25) is 0 Å². The number of aliphatic hydroxyl groups excluding tert-OH is 1. The van der Waals surface area contributed by atoms with Gasteiger partial charge >= 0.3 is 12.2 Å². The van der Waals surface area contributed by atoms with Crippen LogP contribution in [-0.4, -0.2) is 79.2 Å². The Morgan fingerprint density at radius 2 is 1.95 bits per heavy atom. The molecule has 12 heteroatoms. The molecule has 38 heavy (non-hydrogen) atoms. The van der Waals surface area contributed by atoms with Crippen molar-refractivity contribution in [2.75, 3.05) is 61.5 Å². The number of carbonyl (C=O) groups excluding carboxylic acids is 1. The number of hydrogen-bond acceptors (Lipinski definition) is 6. The standard InChI is InChI=1S/C26H33F4N5O3/c1-16-3-4-19(32-25(37)35-6-5-18(14-35)13-26(28,29)30)11-20(16)21-12-22(31-17(2)15-36)33-24(23(21)27)34-7-9-38-10-8-34/h3-4,11-12,17-18,36H,5-10,13-15H2,1-2H3,(H,31,33)(H,32,37). The van der Waals surface area contributed by atoms with Crippen molar-refractivity contribution >= 4 is 23.4 Å². The molecule has 0 saturated carbocycles. The first-order valence-corrected chi connectivity index (χ1v) is 12.7. The number of pyridine rings is 1. The summed E-state index contributed by atoms with van der Waals surface area (Å²) in [5.41, 5.74) is 1.97. The maximum absolute atomic E-state index is 15.9. The van der Waals surface area contributed by atoms with Crippen LogP contribution in [0, 0.1) is 18.7 Å². The van der Waals surface area contributed by atoms with Gasteiger partial charge in [-0.1, -0.05) is 6.07 Å². The fraction of sp³-hybridized carbons (Fsp3) is 0.538. The molecule has 3 N–H and O–H groups in total. The highest BCUT2D eigenvalue weighted by Crippen LogP contribution is 2.35. The average Bonchev–Trinajstić information content (AvgIpc) is 3.33. The highest BCUT2D eigenvalue weighted by Gasteiger charge is 2.36. The number of alkyl halides is 3. The Hall–Kier alpha value is -3.12. The molecule has 2 saturated heterocycles. The number of nitrogens with one attached hydrogen (secondary N) is 2. The van der Waals surface area contributed by atoms with Crippen LogP contribution >= 0.6 is 0 Å². The van der Waals surface area contributed by atoms with E-state index >= 15 is 4.39 Å². The number of urea groups is 1. The SMILES string of the molecule is Cc1ccc(NC(=O)N2CCC(CC(F)(F)F)C2)cc1-c1cc(NC(C)CO)nc(N2CCOCC2)c1F. The van der Waals surface area contributed by atoms with Gasteiger partial charge in [0.25, 0.3) is 0 Å². The number of likely N-dealkylation sites (tertiary alicyclic amines) is 1. The van der Waals surface area contributed by atoms with E-state index in [4.69, 9.17) is 4.74 Å². The number of hydrogen-bond donors (Lipinski definition) is 3. The first-order chi connectivity index (χ1) is 18.0. The van der Waals surface area contributed by atoms with Gasteiger partial charge in [-0.05, 0) is 55.5 Å². The van der Waals surface area contributed by atoms with Gasteiger partial charge in [0, 0.05) is 49.9 Å². The summed E-state index contributed by atoms with van der Waals surface area (Å²) in [7, 11) is 0. The number of benzene rings is 1. The molecule has 2 amide bonds. The van der Waals surface area contributed by atoms with E-state index < -0.39 is 30.4 Å². The lowest BCUT2D eigenvalue weighted by molar-refractivity contribution is -0.143. The molecule has 0 aliphatic carbocycles. The summed E-state index contributed by atoms with van der Waals surface area (Å²) in [4.78, 5) is 20.4. The van der Waals surface area contributed by atoms with Crippen LogP contribution in [0.5, 0.6) is 0 Å². The van der Waals surface area contributed by atoms with Gasteiger partial charge < -0.3 is 30.3 Å². The number of halogens is 4. The lowest BCUT2D eigenvalue weighted by Gasteiger charge is -2.29. The minimum Gasteiger partial charge on any atom is -0.394 e. The highest BCUT2D eigenvalue weighted by molar-refractivity contribution is 5.91. The number of anilines is 3. The summed E-state index contributed by atoms with van der Waals surface area (Å²) >= 11 is 0. The molecule has 3 heterocycles. The predicted octanol–water partition coefficient (Wildman–Crippen LogP) is 4.63. The van der Waals surface area contributed by atoms with Crippen molar-refractivity contribution in [2.45, 2.75) is 38.9 Å². The number of aromatic nitrogens is 1. The third-order valence-corrected chi connectivity index (χ3v) is 6.79. The van der Waals surface area contributed by atoms with Crippen molar-refractivity contribution < 1.29 is 32.2 Å². The zero-order valence-corrected chi connectivity index (χ0v) is 21.4. The van der Waals surface area contributed by atoms with Crippen molar-refractivity contribution in [1.29, 1.82) is 0 Å². The number of aryl methyl sites for hydroxylation is 1. The number of carbonyl (C=O) groups is 1. The summed E-state index contributed by atoms with van der Waals surface area (Å²) in [5.74, 6) is -0.576. The van der Waals surface area contributed by atoms with Crippen LogP contribution in [0.4, 0.5) is 39.7 Å². The predicted molar refractivity (Wildman–Crippen MR) is 137 cm³/mol. The first-order valence-electron chi connectivity index (χ1n) is 12.7. The van der Waals surface area contributed by atoms with Gasteiger partial charge in [-0.25, -0.2) is 14.2 Å². The minimum atomic E-state index is -4.26. The van der Waals surface area contributed by atoms with Crippen molar-refractivity contribution in [3.05, 3.63) is 35.6 Å². The summed E-state index contributed by atoms with van der Waals surface area (Å²) < 4.78 is 59.6. The third-order valence-electron chi connectivity index (χ3n) is 6.79. The van der Waals surface area contributed by atoms with Crippen LogP contribution < -0.4 is 15.5 Å². The fourth-order valence-corrected chi connectivity index (χ4v) is 4.77. The van der Waals surface area contributed by atoms with E-state index in [0.29, 0.717) is 49.8 Å².